The molecule has 150 valence electrons. The van der Waals surface area contributed by atoms with Crippen molar-refractivity contribution in [3.8, 4) is 0 Å². The molecule has 28 heavy (non-hydrogen) atoms. The van der Waals surface area contributed by atoms with E-state index in [9.17, 15) is 9.18 Å². The largest absolute Gasteiger partial charge is 0.371 e. The predicted molar refractivity (Wildman–Crippen MR) is 114 cm³/mol. The van der Waals surface area contributed by atoms with E-state index in [1.54, 1.807) is 0 Å². The molecule has 0 saturated carbocycles. The SMILES string of the molecule is CCCN1CCC(N(C)c2cccc(NC(=O)c3ccc(F)cc3Cl)c2)CC1. The molecule has 1 aliphatic rings. The molecule has 3 rings (SSSR count). The number of benzene rings is 2. The van der Waals surface area contributed by atoms with E-state index in [1.165, 1.54) is 25.1 Å². The van der Waals surface area contributed by atoms with Crippen molar-refractivity contribution in [2.75, 3.05) is 36.9 Å². The number of hydrogen-bond acceptors (Lipinski definition) is 3. The van der Waals surface area contributed by atoms with Crippen LogP contribution in [0.5, 0.6) is 0 Å². The van der Waals surface area contributed by atoms with Crippen molar-refractivity contribution in [2.24, 2.45) is 0 Å². The van der Waals surface area contributed by atoms with Crippen LogP contribution in [-0.2, 0) is 0 Å². The maximum atomic E-state index is 13.2. The minimum Gasteiger partial charge on any atom is -0.371 e. The second-order valence-electron chi connectivity index (χ2n) is 7.31. The highest BCUT2D eigenvalue weighted by Gasteiger charge is 2.22. The van der Waals surface area contributed by atoms with E-state index in [0.717, 1.165) is 37.7 Å². The van der Waals surface area contributed by atoms with Gasteiger partial charge >= 0.3 is 0 Å². The first-order valence-electron chi connectivity index (χ1n) is 9.79. The Morgan fingerprint density at radius 2 is 2.00 bits per heavy atom. The predicted octanol–water partition coefficient (Wildman–Crippen LogP) is 5.04. The number of carbonyl (C=O) groups excluding carboxylic acids is 1. The smallest absolute Gasteiger partial charge is 0.257 e. The standard InChI is InChI=1S/C22H27ClFN3O/c1-3-11-27-12-9-18(10-13-27)26(2)19-6-4-5-17(15-19)25-22(28)20-8-7-16(24)14-21(20)23/h4-8,14-15,18H,3,9-13H2,1-2H3,(H,25,28). The molecule has 6 heteroatoms. The molecule has 2 aromatic rings. The Morgan fingerprint density at radius 1 is 1.25 bits per heavy atom. The fraction of sp³-hybridized carbons (Fsp3) is 0.409. The zero-order valence-electron chi connectivity index (χ0n) is 16.4. The minimum absolute atomic E-state index is 0.101. The van der Waals surface area contributed by atoms with Gasteiger partial charge in [0.1, 0.15) is 5.82 Å². The molecule has 0 radical (unpaired) electrons. The van der Waals surface area contributed by atoms with E-state index in [1.807, 2.05) is 18.2 Å². The monoisotopic (exact) mass is 403 g/mol. The number of anilines is 2. The summed E-state index contributed by atoms with van der Waals surface area (Å²) in [5.41, 5.74) is 2.01. The van der Waals surface area contributed by atoms with Crippen LogP contribution in [0.15, 0.2) is 42.5 Å². The number of likely N-dealkylation sites (tertiary alicyclic amines) is 1. The van der Waals surface area contributed by atoms with E-state index in [0.29, 0.717) is 11.7 Å². The fourth-order valence-corrected chi connectivity index (χ4v) is 3.99. The van der Waals surface area contributed by atoms with Gasteiger partial charge < -0.3 is 15.1 Å². The number of nitrogens with zero attached hydrogens (tertiary/aromatic N) is 2. The lowest BCUT2D eigenvalue weighted by Gasteiger charge is -2.37. The average Bonchev–Trinajstić information content (AvgIpc) is 2.68. The quantitative estimate of drug-likeness (QED) is 0.733. The van der Waals surface area contributed by atoms with Gasteiger partial charge in [0.05, 0.1) is 10.6 Å². The van der Waals surface area contributed by atoms with Gasteiger partial charge in [0, 0.05) is 37.6 Å². The van der Waals surface area contributed by atoms with Gasteiger partial charge in [-0.25, -0.2) is 4.39 Å². The van der Waals surface area contributed by atoms with Crippen molar-refractivity contribution in [1.29, 1.82) is 0 Å². The normalized spacial score (nSPS) is 15.4. The van der Waals surface area contributed by atoms with E-state index in [2.05, 4.69) is 35.2 Å². The van der Waals surface area contributed by atoms with Crippen LogP contribution in [0.3, 0.4) is 0 Å². The Kier molecular flexibility index (Phi) is 6.92. The number of nitrogens with one attached hydrogen (secondary N) is 1. The molecule has 0 aliphatic carbocycles. The molecular formula is C22H27ClFN3O. The molecule has 2 aromatic carbocycles. The number of rotatable bonds is 6. The molecule has 0 atom stereocenters. The Morgan fingerprint density at radius 3 is 2.68 bits per heavy atom. The fourth-order valence-electron chi connectivity index (χ4n) is 3.73. The van der Waals surface area contributed by atoms with E-state index >= 15 is 0 Å². The van der Waals surface area contributed by atoms with Gasteiger partial charge in [0.15, 0.2) is 0 Å². The summed E-state index contributed by atoms with van der Waals surface area (Å²) in [6, 6.07) is 12.1. The molecule has 0 bridgehead atoms. The third-order valence-corrected chi connectivity index (χ3v) is 5.64. The molecule has 1 N–H and O–H groups in total. The molecular weight excluding hydrogens is 377 g/mol. The van der Waals surface area contributed by atoms with E-state index < -0.39 is 5.82 Å². The van der Waals surface area contributed by atoms with Crippen molar-refractivity contribution >= 4 is 28.9 Å². The molecule has 1 heterocycles. The second-order valence-corrected chi connectivity index (χ2v) is 7.72. The maximum absolute atomic E-state index is 13.2. The number of amides is 1. The molecule has 1 aliphatic heterocycles. The third-order valence-electron chi connectivity index (χ3n) is 5.33. The van der Waals surface area contributed by atoms with Crippen LogP contribution in [-0.4, -0.2) is 43.5 Å². The van der Waals surface area contributed by atoms with Crippen molar-refractivity contribution in [3.05, 3.63) is 58.9 Å². The Labute approximate surface area is 171 Å². The number of hydrogen-bond donors (Lipinski definition) is 1. The highest BCUT2D eigenvalue weighted by molar-refractivity contribution is 6.34. The van der Waals surface area contributed by atoms with Crippen LogP contribution in [0.4, 0.5) is 15.8 Å². The zero-order valence-corrected chi connectivity index (χ0v) is 17.2. The van der Waals surface area contributed by atoms with Crippen molar-refractivity contribution in [1.82, 2.24) is 4.90 Å². The summed E-state index contributed by atoms with van der Waals surface area (Å²) in [5, 5.41) is 2.96. The van der Waals surface area contributed by atoms with Crippen LogP contribution in [0, 0.1) is 5.82 Å². The summed E-state index contributed by atoms with van der Waals surface area (Å²) in [6.07, 6.45) is 3.47. The Balaban J connectivity index is 1.66. The average molecular weight is 404 g/mol. The summed E-state index contributed by atoms with van der Waals surface area (Å²) < 4.78 is 13.2. The van der Waals surface area contributed by atoms with Crippen molar-refractivity contribution < 1.29 is 9.18 Å². The van der Waals surface area contributed by atoms with Crippen LogP contribution < -0.4 is 10.2 Å². The summed E-state index contributed by atoms with van der Waals surface area (Å²) in [7, 11) is 2.11. The first kappa shape index (κ1) is 20.6. The summed E-state index contributed by atoms with van der Waals surface area (Å²) in [5.74, 6) is -0.812. The third kappa shape index (κ3) is 5.03. The van der Waals surface area contributed by atoms with Gasteiger partial charge in [-0.2, -0.15) is 0 Å². The van der Waals surface area contributed by atoms with Crippen molar-refractivity contribution in [2.45, 2.75) is 32.2 Å². The maximum Gasteiger partial charge on any atom is 0.257 e. The Bertz CT molecular complexity index is 821. The molecule has 0 unspecified atom stereocenters. The number of carbonyl (C=O) groups is 1. The summed E-state index contributed by atoms with van der Waals surface area (Å²) in [6.45, 7) is 5.64. The van der Waals surface area contributed by atoms with E-state index in [-0.39, 0.29) is 16.5 Å². The van der Waals surface area contributed by atoms with Gasteiger partial charge in [0.25, 0.3) is 5.91 Å². The zero-order chi connectivity index (χ0) is 20.1. The van der Waals surface area contributed by atoms with Crippen LogP contribution >= 0.6 is 11.6 Å². The summed E-state index contributed by atoms with van der Waals surface area (Å²) in [4.78, 5) is 17.3. The van der Waals surface area contributed by atoms with E-state index in [4.69, 9.17) is 11.6 Å². The number of piperidine rings is 1. The topological polar surface area (TPSA) is 35.6 Å². The van der Waals surface area contributed by atoms with Gasteiger partial charge in [0.2, 0.25) is 0 Å². The van der Waals surface area contributed by atoms with Crippen LogP contribution in [0.2, 0.25) is 5.02 Å². The lowest BCUT2D eigenvalue weighted by atomic mass is 10.0. The second kappa shape index (κ2) is 9.39. The van der Waals surface area contributed by atoms with Crippen LogP contribution in [0.25, 0.3) is 0 Å². The summed E-state index contributed by atoms with van der Waals surface area (Å²) >= 11 is 6.00. The van der Waals surface area contributed by atoms with Gasteiger partial charge in [-0.15, -0.1) is 0 Å². The molecule has 1 saturated heterocycles. The molecule has 1 amide bonds. The van der Waals surface area contributed by atoms with Crippen molar-refractivity contribution in [3.63, 3.8) is 0 Å². The van der Waals surface area contributed by atoms with Crippen LogP contribution in [0.1, 0.15) is 36.5 Å². The van der Waals surface area contributed by atoms with Gasteiger partial charge in [-0.3, -0.25) is 4.79 Å². The number of halogens is 2. The lowest BCUT2D eigenvalue weighted by molar-refractivity contribution is 0.102. The molecule has 4 nitrogen and oxygen atoms in total. The minimum atomic E-state index is -0.463. The molecule has 0 aromatic heterocycles. The Hall–Kier alpha value is -2.11. The molecule has 0 spiro atoms. The lowest BCUT2D eigenvalue weighted by Crippen LogP contribution is -2.43. The molecule has 1 fully saturated rings. The van der Waals surface area contributed by atoms with Gasteiger partial charge in [-0.1, -0.05) is 24.6 Å². The highest BCUT2D eigenvalue weighted by atomic mass is 35.5. The highest BCUT2D eigenvalue weighted by Crippen LogP contribution is 2.26. The first-order valence-corrected chi connectivity index (χ1v) is 10.2. The van der Waals surface area contributed by atoms with Gasteiger partial charge in [-0.05, 0) is 62.2 Å². The first-order chi connectivity index (χ1) is 13.5.